The molecule has 0 aromatic heterocycles. The largest absolute Gasteiger partial charge is 0.480 e. The highest BCUT2D eigenvalue weighted by Crippen LogP contribution is 2.21. The third-order valence-corrected chi connectivity index (χ3v) is 2.61. The number of rotatable bonds is 5. The Morgan fingerprint density at radius 2 is 1.94 bits per heavy atom. The molecule has 0 bridgehead atoms. The highest BCUT2D eigenvalue weighted by atomic mass is 16.4. The van der Waals surface area contributed by atoms with E-state index < -0.39 is 11.5 Å². The van der Waals surface area contributed by atoms with E-state index in [1.165, 1.54) is 0 Å². The highest BCUT2D eigenvalue weighted by molar-refractivity contribution is 5.81. The zero-order chi connectivity index (χ0) is 12.2. The molecule has 0 spiro atoms. The molecule has 0 aliphatic carbocycles. The molecule has 4 nitrogen and oxygen atoms in total. The summed E-state index contributed by atoms with van der Waals surface area (Å²) in [5.74, 6) is -0.866. The molecule has 2 N–H and O–H groups in total. The number of carboxylic acid groups (broad SMARTS) is 1. The first-order valence-corrected chi connectivity index (χ1v) is 5.15. The maximum Gasteiger partial charge on any atom is 0.329 e. The van der Waals surface area contributed by atoms with Gasteiger partial charge in [0.15, 0.2) is 5.54 Å². The van der Waals surface area contributed by atoms with Crippen molar-refractivity contribution >= 4 is 5.97 Å². The van der Waals surface area contributed by atoms with Crippen molar-refractivity contribution in [1.82, 2.24) is 10.2 Å². The van der Waals surface area contributed by atoms with Gasteiger partial charge in [-0.2, -0.15) is 0 Å². The maximum atomic E-state index is 11.5. The molecule has 1 rings (SSSR count). The van der Waals surface area contributed by atoms with Crippen molar-refractivity contribution in [2.75, 3.05) is 27.7 Å². The van der Waals surface area contributed by atoms with Gasteiger partial charge < -0.3 is 15.3 Å². The van der Waals surface area contributed by atoms with E-state index in [-0.39, 0.29) is 0 Å². The van der Waals surface area contributed by atoms with Gasteiger partial charge in [0, 0.05) is 6.54 Å². The van der Waals surface area contributed by atoms with E-state index in [4.69, 9.17) is 0 Å². The number of benzene rings is 1. The number of aliphatic carboxylic acids is 1. The van der Waals surface area contributed by atoms with Gasteiger partial charge in [0.2, 0.25) is 0 Å². The van der Waals surface area contributed by atoms with Gasteiger partial charge in [-0.15, -0.1) is 0 Å². The van der Waals surface area contributed by atoms with E-state index in [0.29, 0.717) is 6.54 Å². The molecule has 1 aromatic carbocycles. The van der Waals surface area contributed by atoms with E-state index in [1.54, 1.807) is 7.05 Å². The first-order chi connectivity index (χ1) is 7.53. The lowest BCUT2D eigenvalue weighted by Gasteiger charge is -2.32. The Kier molecular flexibility index (Phi) is 4.04. The van der Waals surface area contributed by atoms with Gasteiger partial charge >= 0.3 is 5.97 Å². The molecule has 1 unspecified atom stereocenters. The Morgan fingerprint density at radius 1 is 1.38 bits per heavy atom. The molecule has 0 amide bonds. The van der Waals surface area contributed by atoms with Crippen LogP contribution < -0.4 is 5.32 Å². The second-order valence-corrected chi connectivity index (χ2v) is 4.06. The fraction of sp³-hybridized carbons (Fsp3) is 0.417. The number of hydrogen-bond acceptors (Lipinski definition) is 3. The molecule has 0 radical (unpaired) electrons. The number of hydrogen-bond donors (Lipinski definition) is 2. The second kappa shape index (κ2) is 5.09. The van der Waals surface area contributed by atoms with E-state index in [9.17, 15) is 9.90 Å². The van der Waals surface area contributed by atoms with Crippen LogP contribution in [0.1, 0.15) is 5.56 Å². The van der Waals surface area contributed by atoms with Crippen LogP contribution in [0.25, 0.3) is 0 Å². The summed E-state index contributed by atoms with van der Waals surface area (Å²) in [5, 5.41) is 12.4. The Bertz CT molecular complexity index is 351. The smallest absolute Gasteiger partial charge is 0.329 e. The molecule has 88 valence electrons. The molecule has 1 aromatic rings. The van der Waals surface area contributed by atoms with E-state index in [0.717, 1.165) is 5.56 Å². The summed E-state index contributed by atoms with van der Waals surface area (Å²) in [5.41, 5.74) is -0.288. The Morgan fingerprint density at radius 3 is 2.31 bits per heavy atom. The fourth-order valence-electron chi connectivity index (χ4n) is 1.81. The molecule has 0 saturated carbocycles. The lowest BCUT2D eigenvalue weighted by molar-refractivity contribution is -0.145. The second-order valence-electron chi connectivity index (χ2n) is 4.06. The molecular weight excluding hydrogens is 204 g/mol. The molecule has 0 heterocycles. The van der Waals surface area contributed by atoms with Crippen molar-refractivity contribution in [3.05, 3.63) is 35.9 Å². The molecule has 0 fully saturated rings. The number of carboxylic acids is 1. The summed E-state index contributed by atoms with van der Waals surface area (Å²) in [6.07, 6.45) is 0. The Labute approximate surface area is 95.9 Å². The van der Waals surface area contributed by atoms with Gasteiger partial charge in [-0.1, -0.05) is 30.3 Å². The summed E-state index contributed by atoms with van der Waals surface area (Å²) >= 11 is 0. The van der Waals surface area contributed by atoms with Crippen molar-refractivity contribution < 1.29 is 9.90 Å². The van der Waals surface area contributed by atoms with Gasteiger partial charge in [-0.3, -0.25) is 0 Å². The molecule has 0 aliphatic rings. The first-order valence-electron chi connectivity index (χ1n) is 5.15. The molecule has 4 heteroatoms. The van der Waals surface area contributed by atoms with Gasteiger partial charge in [0.1, 0.15) is 0 Å². The van der Waals surface area contributed by atoms with Crippen molar-refractivity contribution in [1.29, 1.82) is 0 Å². The summed E-state index contributed by atoms with van der Waals surface area (Å²) in [7, 11) is 5.39. The molecule has 0 aliphatic heterocycles. The SMILES string of the molecule is CNC(CN(C)C)(C(=O)O)c1ccccc1. The first kappa shape index (κ1) is 12.7. The van der Waals surface area contributed by atoms with Crippen molar-refractivity contribution in [3.8, 4) is 0 Å². The molecular formula is C12H18N2O2. The van der Waals surface area contributed by atoms with Gasteiger partial charge in [0.25, 0.3) is 0 Å². The van der Waals surface area contributed by atoms with Crippen LogP contribution in [0.15, 0.2) is 30.3 Å². The standard InChI is InChI=1S/C12H18N2O2/c1-13-12(11(15)16,9-14(2)3)10-7-5-4-6-8-10/h4-8,13H,9H2,1-3H3,(H,15,16). The predicted molar refractivity (Wildman–Crippen MR) is 63.4 cm³/mol. The minimum Gasteiger partial charge on any atom is -0.480 e. The van der Waals surface area contributed by atoms with Crippen molar-refractivity contribution in [3.63, 3.8) is 0 Å². The monoisotopic (exact) mass is 222 g/mol. The van der Waals surface area contributed by atoms with Gasteiger partial charge in [-0.05, 0) is 26.7 Å². The lowest BCUT2D eigenvalue weighted by atomic mass is 9.89. The topological polar surface area (TPSA) is 52.6 Å². The van der Waals surface area contributed by atoms with Crippen molar-refractivity contribution in [2.45, 2.75) is 5.54 Å². The number of carbonyl (C=O) groups is 1. The van der Waals surface area contributed by atoms with Crippen LogP contribution in [0.4, 0.5) is 0 Å². The van der Waals surface area contributed by atoms with E-state index >= 15 is 0 Å². The van der Waals surface area contributed by atoms with Gasteiger partial charge in [0.05, 0.1) is 0 Å². The predicted octanol–water partition coefficient (Wildman–Crippen LogP) is 0.748. The van der Waals surface area contributed by atoms with Crippen LogP contribution in [0.3, 0.4) is 0 Å². The van der Waals surface area contributed by atoms with Crippen molar-refractivity contribution in [2.24, 2.45) is 0 Å². The minimum absolute atomic E-state index is 0.406. The van der Waals surface area contributed by atoms with Crippen LogP contribution in [-0.4, -0.2) is 43.7 Å². The zero-order valence-corrected chi connectivity index (χ0v) is 9.90. The van der Waals surface area contributed by atoms with Crippen LogP contribution in [-0.2, 0) is 10.3 Å². The normalized spacial score (nSPS) is 14.8. The average Bonchev–Trinajstić information content (AvgIpc) is 2.26. The number of nitrogens with zero attached hydrogens (tertiary/aromatic N) is 1. The molecule has 16 heavy (non-hydrogen) atoms. The lowest BCUT2D eigenvalue weighted by Crippen LogP contribution is -2.53. The van der Waals surface area contributed by atoms with Gasteiger partial charge in [-0.25, -0.2) is 4.79 Å². The summed E-state index contributed by atoms with van der Waals surface area (Å²) in [4.78, 5) is 13.4. The van der Waals surface area contributed by atoms with Crippen LogP contribution >= 0.6 is 0 Å². The average molecular weight is 222 g/mol. The summed E-state index contributed by atoms with van der Waals surface area (Å²) < 4.78 is 0. The van der Waals surface area contributed by atoms with E-state index in [1.807, 2.05) is 49.3 Å². The Balaban J connectivity index is 3.18. The highest BCUT2D eigenvalue weighted by Gasteiger charge is 2.39. The maximum absolute atomic E-state index is 11.5. The van der Waals surface area contributed by atoms with Crippen LogP contribution in [0.2, 0.25) is 0 Å². The zero-order valence-electron chi connectivity index (χ0n) is 9.90. The summed E-state index contributed by atoms with van der Waals surface area (Å²) in [6, 6.07) is 9.23. The van der Waals surface area contributed by atoms with Crippen LogP contribution in [0, 0.1) is 0 Å². The number of nitrogens with one attached hydrogen (secondary N) is 1. The molecule has 0 saturated heterocycles. The number of likely N-dealkylation sites (N-methyl/N-ethyl adjacent to an activating group) is 2. The quantitative estimate of drug-likeness (QED) is 0.772. The van der Waals surface area contributed by atoms with E-state index in [2.05, 4.69) is 5.32 Å². The third kappa shape index (κ3) is 2.40. The third-order valence-electron chi connectivity index (χ3n) is 2.61. The summed E-state index contributed by atoms with van der Waals surface area (Å²) in [6.45, 7) is 0.406. The minimum atomic E-state index is -1.05. The fourth-order valence-corrected chi connectivity index (χ4v) is 1.81. The van der Waals surface area contributed by atoms with Crippen LogP contribution in [0.5, 0.6) is 0 Å². The Hall–Kier alpha value is -1.39. The molecule has 1 atom stereocenters.